The predicted octanol–water partition coefficient (Wildman–Crippen LogP) is 5.42. The molecule has 1 atom stereocenters. The van der Waals surface area contributed by atoms with Crippen LogP contribution in [0, 0.1) is 0 Å². The van der Waals surface area contributed by atoms with Crippen molar-refractivity contribution in [3.05, 3.63) is 101 Å². The van der Waals surface area contributed by atoms with E-state index in [0.29, 0.717) is 13.0 Å². The fraction of sp³-hybridized carbons (Fsp3) is 0.367. The Hall–Kier alpha value is -3.11. The summed E-state index contributed by atoms with van der Waals surface area (Å²) in [6.45, 7) is 4.57. The van der Waals surface area contributed by atoms with Crippen LogP contribution in [0.5, 0.6) is 5.75 Å². The third kappa shape index (κ3) is 5.51. The number of carbonyl (C=O) groups is 1. The first-order valence-electron chi connectivity index (χ1n) is 12.6. The number of carbonyl (C=O) groups excluding carboxylic acids is 1. The maximum absolute atomic E-state index is 13.5. The number of hydrogen-bond acceptors (Lipinski definition) is 3. The molecule has 2 heterocycles. The molecule has 1 saturated heterocycles. The van der Waals surface area contributed by atoms with Crippen LogP contribution < -0.4 is 4.74 Å². The predicted molar refractivity (Wildman–Crippen MR) is 136 cm³/mol. The van der Waals surface area contributed by atoms with Gasteiger partial charge in [-0.1, -0.05) is 73.2 Å². The number of amides is 1. The van der Waals surface area contributed by atoms with Crippen LogP contribution in [-0.2, 0) is 24.2 Å². The van der Waals surface area contributed by atoms with Crippen molar-refractivity contribution in [2.75, 3.05) is 26.2 Å². The van der Waals surface area contributed by atoms with Crippen LogP contribution in [0.25, 0.3) is 0 Å². The molecule has 0 radical (unpaired) electrons. The van der Waals surface area contributed by atoms with Crippen LogP contribution in [0.3, 0.4) is 0 Å². The Morgan fingerprint density at radius 3 is 2.32 bits per heavy atom. The molecule has 176 valence electrons. The van der Waals surface area contributed by atoms with E-state index in [2.05, 4.69) is 46.2 Å². The number of likely N-dealkylation sites (tertiary alicyclic amines) is 1. The lowest BCUT2D eigenvalue weighted by Gasteiger charge is -2.41. The number of piperidine rings is 1. The van der Waals surface area contributed by atoms with Crippen molar-refractivity contribution in [2.24, 2.45) is 0 Å². The van der Waals surface area contributed by atoms with Crippen LogP contribution in [0.1, 0.15) is 47.6 Å². The quantitative estimate of drug-likeness (QED) is 0.478. The Balaban J connectivity index is 1.25. The fourth-order valence-corrected chi connectivity index (χ4v) is 5.25. The monoisotopic (exact) mass is 454 g/mol. The Bertz CT molecular complexity index is 1070. The lowest BCUT2D eigenvalue weighted by Crippen LogP contribution is -2.46. The zero-order valence-corrected chi connectivity index (χ0v) is 19.9. The molecule has 0 aliphatic carbocycles. The molecule has 2 aliphatic heterocycles. The van der Waals surface area contributed by atoms with Crippen LogP contribution in [0.4, 0.5) is 0 Å². The summed E-state index contributed by atoms with van der Waals surface area (Å²) in [6.07, 6.45) is 5.22. The standard InChI is InChI=1S/C30H34N2O2/c33-30(21-24-13-15-27(16-14-24)34-23-25-9-3-1-4-10-25)32-20-17-26-11-5-6-12-28(26)29(32)22-31-18-7-2-8-19-31/h1,3-6,9-16,29H,2,7-8,17-23H2. The number of rotatable bonds is 7. The van der Waals surface area contributed by atoms with Gasteiger partial charge in [-0.05, 0) is 66.7 Å². The Morgan fingerprint density at radius 1 is 0.794 bits per heavy atom. The van der Waals surface area contributed by atoms with Crippen molar-refractivity contribution in [3.63, 3.8) is 0 Å². The molecule has 4 nitrogen and oxygen atoms in total. The van der Waals surface area contributed by atoms with Crippen molar-refractivity contribution in [1.29, 1.82) is 0 Å². The van der Waals surface area contributed by atoms with Crippen LogP contribution in [0.15, 0.2) is 78.9 Å². The summed E-state index contributed by atoms with van der Waals surface area (Å²) in [5.74, 6) is 1.05. The minimum Gasteiger partial charge on any atom is -0.489 e. The molecule has 3 aromatic carbocycles. The molecule has 0 saturated carbocycles. The summed E-state index contributed by atoms with van der Waals surface area (Å²) in [5.41, 5.74) is 4.91. The molecule has 5 rings (SSSR count). The third-order valence-corrected chi connectivity index (χ3v) is 7.14. The van der Waals surface area contributed by atoms with Crippen molar-refractivity contribution < 1.29 is 9.53 Å². The fourth-order valence-electron chi connectivity index (χ4n) is 5.25. The molecule has 0 spiro atoms. The lowest BCUT2D eigenvalue weighted by molar-refractivity contribution is -0.134. The number of ether oxygens (including phenoxy) is 1. The molecule has 1 amide bonds. The van der Waals surface area contributed by atoms with E-state index in [1.807, 2.05) is 42.5 Å². The molecule has 1 unspecified atom stereocenters. The maximum atomic E-state index is 13.5. The highest BCUT2D eigenvalue weighted by atomic mass is 16.5. The van der Waals surface area contributed by atoms with Gasteiger partial charge in [0.25, 0.3) is 0 Å². The molecule has 2 aliphatic rings. The first kappa shape index (κ1) is 22.7. The van der Waals surface area contributed by atoms with Crippen molar-refractivity contribution in [3.8, 4) is 5.75 Å². The third-order valence-electron chi connectivity index (χ3n) is 7.14. The highest BCUT2D eigenvalue weighted by Gasteiger charge is 2.32. The highest BCUT2D eigenvalue weighted by Crippen LogP contribution is 2.32. The van der Waals surface area contributed by atoms with Crippen molar-refractivity contribution in [1.82, 2.24) is 9.80 Å². The van der Waals surface area contributed by atoms with E-state index in [-0.39, 0.29) is 11.9 Å². The molecule has 3 aromatic rings. The van der Waals surface area contributed by atoms with Gasteiger partial charge in [0.05, 0.1) is 12.5 Å². The molecule has 1 fully saturated rings. The highest BCUT2D eigenvalue weighted by molar-refractivity contribution is 5.79. The normalized spacial score (nSPS) is 18.4. The van der Waals surface area contributed by atoms with Gasteiger partial charge >= 0.3 is 0 Å². The molecular weight excluding hydrogens is 420 g/mol. The first-order valence-corrected chi connectivity index (χ1v) is 12.6. The summed E-state index contributed by atoms with van der Waals surface area (Å²) in [6, 6.07) is 27.0. The minimum absolute atomic E-state index is 0.143. The lowest BCUT2D eigenvalue weighted by atomic mass is 9.91. The second-order valence-electron chi connectivity index (χ2n) is 9.51. The Labute approximate surface area is 203 Å². The average Bonchev–Trinajstić information content (AvgIpc) is 2.89. The number of benzene rings is 3. The molecule has 0 N–H and O–H groups in total. The van der Waals surface area contributed by atoms with Crippen LogP contribution in [-0.4, -0.2) is 41.9 Å². The van der Waals surface area contributed by atoms with Crippen LogP contribution in [0.2, 0.25) is 0 Å². The van der Waals surface area contributed by atoms with E-state index in [4.69, 9.17) is 4.74 Å². The molecule has 0 bridgehead atoms. The summed E-state index contributed by atoms with van der Waals surface area (Å²) < 4.78 is 5.91. The molecule has 34 heavy (non-hydrogen) atoms. The second kappa shape index (κ2) is 10.9. The summed E-state index contributed by atoms with van der Waals surface area (Å²) in [7, 11) is 0. The van der Waals surface area contributed by atoms with E-state index in [1.54, 1.807) is 0 Å². The average molecular weight is 455 g/mol. The Kier molecular flexibility index (Phi) is 7.25. The van der Waals surface area contributed by atoms with Crippen molar-refractivity contribution in [2.45, 2.75) is 44.8 Å². The Morgan fingerprint density at radius 2 is 1.53 bits per heavy atom. The largest absolute Gasteiger partial charge is 0.489 e. The van der Waals surface area contributed by atoms with Gasteiger partial charge in [-0.3, -0.25) is 4.79 Å². The van der Waals surface area contributed by atoms with Gasteiger partial charge in [0, 0.05) is 13.1 Å². The van der Waals surface area contributed by atoms with Gasteiger partial charge in [0.15, 0.2) is 0 Å². The maximum Gasteiger partial charge on any atom is 0.227 e. The molecular formula is C30H34N2O2. The van der Waals surface area contributed by atoms with Crippen molar-refractivity contribution >= 4 is 5.91 Å². The van der Waals surface area contributed by atoms with Gasteiger partial charge in [-0.25, -0.2) is 0 Å². The van der Waals surface area contributed by atoms with E-state index in [1.165, 1.54) is 30.4 Å². The van der Waals surface area contributed by atoms with Gasteiger partial charge in [-0.15, -0.1) is 0 Å². The zero-order chi connectivity index (χ0) is 23.2. The minimum atomic E-state index is 0.143. The number of nitrogens with zero attached hydrogens (tertiary/aromatic N) is 2. The van der Waals surface area contributed by atoms with E-state index in [0.717, 1.165) is 49.5 Å². The van der Waals surface area contributed by atoms with Gasteiger partial charge in [0.1, 0.15) is 12.4 Å². The molecule has 0 aromatic heterocycles. The number of hydrogen-bond donors (Lipinski definition) is 0. The molecule has 4 heteroatoms. The topological polar surface area (TPSA) is 32.8 Å². The first-order chi connectivity index (χ1) is 16.8. The van der Waals surface area contributed by atoms with E-state index >= 15 is 0 Å². The summed E-state index contributed by atoms with van der Waals surface area (Å²) in [5, 5.41) is 0. The van der Waals surface area contributed by atoms with Gasteiger partial charge < -0.3 is 14.5 Å². The van der Waals surface area contributed by atoms with Gasteiger partial charge in [-0.2, -0.15) is 0 Å². The summed E-state index contributed by atoms with van der Waals surface area (Å²) >= 11 is 0. The SMILES string of the molecule is O=C(Cc1ccc(OCc2ccccc2)cc1)N1CCc2ccccc2C1CN1CCCCC1. The van der Waals surface area contributed by atoms with Gasteiger partial charge in [0.2, 0.25) is 5.91 Å². The second-order valence-corrected chi connectivity index (χ2v) is 9.51. The van der Waals surface area contributed by atoms with E-state index in [9.17, 15) is 4.79 Å². The van der Waals surface area contributed by atoms with Crippen LogP contribution >= 0.6 is 0 Å². The van der Waals surface area contributed by atoms with E-state index < -0.39 is 0 Å². The summed E-state index contributed by atoms with van der Waals surface area (Å²) in [4.78, 5) is 18.2. The number of fused-ring (bicyclic) bond motifs is 1. The zero-order valence-electron chi connectivity index (χ0n) is 19.9. The smallest absolute Gasteiger partial charge is 0.227 e.